The van der Waals surface area contributed by atoms with Crippen molar-refractivity contribution in [2.75, 3.05) is 54.4 Å². The third-order valence-electron chi connectivity index (χ3n) is 14.7. The van der Waals surface area contributed by atoms with Crippen molar-refractivity contribution < 1.29 is 114 Å². The molecule has 0 bridgehead atoms. The third-order valence-corrected chi connectivity index (χ3v) is 15.3. The molecule has 0 aliphatic rings. The molecule has 4 amide bonds. The zero-order chi connectivity index (χ0) is 83.8. The number of halogens is 4. The van der Waals surface area contributed by atoms with Crippen molar-refractivity contribution in [2.45, 2.75) is 41.5 Å². The van der Waals surface area contributed by atoms with Gasteiger partial charge in [0.15, 0.2) is 0 Å². The topological polar surface area (TPSA) is 381 Å². The summed E-state index contributed by atoms with van der Waals surface area (Å²) in [6.45, 7) is 12.0. The average molecular weight is 1950 g/mol. The summed E-state index contributed by atoms with van der Waals surface area (Å²) in [5.74, 6) is 1.15. The van der Waals surface area contributed by atoms with Crippen molar-refractivity contribution in [3.05, 3.63) is 359 Å². The number of amides is 4. The Labute approximate surface area is 815 Å². The van der Waals surface area contributed by atoms with E-state index in [-0.39, 0.29) is 173 Å². The maximum atomic E-state index is 12.2. The fourth-order valence-corrected chi connectivity index (χ4v) is 10.6. The second-order valence-electron chi connectivity index (χ2n) is 22.4. The van der Waals surface area contributed by atoms with E-state index < -0.39 is 12.1 Å². The number of aromatic nitrogens is 12. The number of carbonyl (C=O) groups is 2. The van der Waals surface area contributed by atoms with Gasteiger partial charge >= 0.3 is 12.1 Å². The molecule has 0 aliphatic carbocycles. The van der Waals surface area contributed by atoms with Gasteiger partial charge in [0.1, 0.15) is 6.33 Å². The fourth-order valence-electron chi connectivity index (χ4n) is 9.89. The fraction of sp³-hybridized carbons (Fsp3) is 0.0667. The summed E-state index contributed by atoms with van der Waals surface area (Å²) in [6.07, 6.45) is 2.80. The summed E-state index contributed by atoms with van der Waals surface area (Å²) >= 11 is 22.5. The van der Waals surface area contributed by atoms with Crippen LogP contribution in [0.3, 0.4) is 0 Å². The van der Waals surface area contributed by atoms with Crippen LogP contribution in [0.2, 0.25) is 21.1 Å². The maximum Gasteiger partial charge on any atom is 0.326 e. The molecule has 4 aromatic heterocycles. The molecule has 0 atom stereocenters. The summed E-state index contributed by atoms with van der Waals surface area (Å²) in [4.78, 5) is 84.4. The van der Waals surface area contributed by atoms with Crippen molar-refractivity contribution in [1.29, 1.82) is 0 Å². The molecule has 0 spiro atoms. The number of hydrogen-bond donors (Lipinski definition) is 10. The van der Waals surface area contributed by atoms with Gasteiger partial charge in [0.05, 0.1) is 5.69 Å². The second-order valence-corrected chi connectivity index (χ2v) is 23.7. The van der Waals surface area contributed by atoms with Gasteiger partial charge in [-0.3, -0.25) is 10.6 Å². The molecular formula is C90H94Cl4N23O3Y3-3. The van der Waals surface area contributed by atoms with Crippen molar-refractivity contribution in [1.82, 2.24) is 59.8 Å². The molecule has 0 saturated heterocycles. The molecule has 26 nitrogen and oxygen atoms in total. The zero-order valence-corrected chi connectivity index (χ0v) is 80.6. The number of benzene rings is 11. The van der Waals surface area contributed by atoms with E-state index in [4.69, 9.17) is 63.6 Å². The Morgan fingerprint density at radius 3 is 0.959 bits per heavy atom. The summed E-state index contributed by atoms with van der Waals surface area (Å²) in [5.41, 5.74) is 30.4. The minimum absolute atomic E-state index is 0. The Morgan fingerprint density at radius 2 is 0.585 bits per heavy atom. The van der Waals surface area contributed by atoms with Crippen LogP contribution in [0.5, 0.6) is 0 Å². The molecule has 3 radical (unpaired) electrons. The summed E-state index contributed by atoms with van der Waals surface area (Å²) in [5, 5.41) is 20.1. The normalized spacial score (nSPS) is 9.15. The van der Waals surface area contributed by atoms with E-state index in [0.29, 0.717) is 29.0 Å². The van der Waals surface area contributed by atoms with Crippen LogP contribution in [-0.4, -0.2) is 77.9 Å². The van der Waals surface area contributed by atoms with Crippen molar-refractivity contribution in [3.63, 3.8) is 0 Å². The number of aliphatic imine (C=N–C) groups is 1. The molecule has 15 aromatic rings. The largest absolute Gasteiger partial charge is 0.398 e. The Morgan fingerprint density at radius 1 is 0.309 bits per heavy atom. The first-order chi connectivity index (χ1) is 57.2. The van der Waals surface area contributed by atoms with Crippen LogP contribution >= 0.6 is 46.4 Å². The van der Waals surface area contributed by atoms with E-state index in [0.717, 1.165) is 61.7 Å². The summed E-state index contributed by atoms with van der Waals surface area (Å²) in [6, 6.07) is 97.8. The SMILES string of the molecule is CC.CC.CC.Nc1ccccc1-c1ccccc1.Nc1nc(Cl)nc(Cl)n1.Nc1nc(Cl)nc(Nc2ccccc2-c2ccccc2)n1.O=C(Nc1ccccc1)Nc1nc(Cl)nc(Nc2ccccc2-c2ccccc2)n1.O=C(Nc1ccccc1)Nc1ncnc(Nc2ccccc2-c2ccccc2)n1.O=C=Nc1ccccc1.[CH3-].[CH3-].[CH3-].[HH].[Y].[Y].[Y]. The molecule has 627 valence electrons. The molecule has 13 N–H and O–H groups in total. The molecule has 123 heavy (non-hydrogen) atoms. The van der Waals surface area contributed by atoms with Crippen molar-refractivity contribution >= 4 is 146 Å². The van der Waals surface area contributed by atoms with Gasteiger partial charge in [-0.15, -0.1) is 0 Å². The Bertz CT molecular complexity index is 5480. The van der Waals surface area contributed by atoms with Gasteiger partial charge in [-0.1, -0.05) is 290 Å². The van der Waals surface area contributed by atoms with Gasteiger partial charge in [0.2, 0.25) is 68.9 Å². The molecule has 0 saturated carbocycles. The molecule has 11 aromatic carbocycles. The van der Waals surface area contributed by atoms with Crippen LogP contribution < -0.4 is 54.4 Å². The number of nitrogens with one attached hydrogen (secondary N) is 7. The molecule has 0 aliphatic heterocycles. The predicted octanol–water partition coefficient (Wildman–Crippen LogP) is 24.0. The summed E-state index contributed by atoms with van der Waals surface area (Å²) in [7, 11) is 0. The molecule has 33 heteroatoms. The van der Waals surface area contributed by atoms with Crippen LogP contribution in [0.15, 0.2) is 321 Å². The third kappa shape index (κ3) is 39.6. The number of nitrogens with zero attached hydrogens (tertiary/aromatic N) is 13. The monoisotopic (exact) mass is 1950 g/mol. The number of carbonyl (C=O) groups excluding carboxylic acids is 3. The van der Waals surface area contributed by atoms with Crippen molar-refractivity contribution in [2.24, 2.45) is 4.99 Å². The molecule has 0 fully saturated rings. The standard InChI is InChI=1S/C22H17ClN6O.C22H18N6O.C15H12ClN5.C12H11N.C7H5NO.C3H2Cl2N4.3C2H6.3CH3.3Y.H2/c23-19-26-20(25-18-14-8-7-13-17(18)15-9-3-1-4-10-15)28-21(27-19)29-22(30)24-16-11-5-2-6-12-16;29-22(25-17-11-5-2-6-12-17)28-21-24-15-23-20(27-21)26-19-14-8-7-13-18(19)16-9-3-1-4-10-16;16-13-19-14(17)21-15(20-13)18-12-9-5-4-8-11(12)10-6-2-1-3-7-10;13-12-9-5-4-8-11(12)10-6-2-1-3-7-10;9-6-8-7-4-2-1-3-5-7;4-1-7-2(5)9-3(6)8-1;3*1-2;;;;;;;/h1-14H,(H3,24,25,26,27,28,29,30);1-15H,(H3,23,24,25,26,27,28,29);1-9H,(H3,17,18,19,20,21);1-9H,13H2;1-5H;(H2,6,7,8,9);3*1-2H3;3*1H3;;;;1H/q;;;;;;;;;3*-1;;;;. The van der Waals surface area contributed by atoms with Crippen LogP contribution in [0, 0.1) is 22.3 Å². The number of nitrogens with two attached hydrogens (primary N) is 3. The summed E-state index contributed by atoms with van der Waals surface area (Å²) < 4.78 is 0. The number of para-hydroxylation sites is 7. The van der Waals surface area contributed by atoms with Crippen molar-refractivity contribution in [3.8, 4) is 44.5 Å². The second kappa shape index (κ2) is 62.7. The first-order valence-electron chi connectivity index (χ1n) is 36.3. The number of urea groups is 2. The van der Waals surface area contributed by atoms with E-state index in [2.05, 4.69) is 114 Å². The van der Waals surface area contributed by atoms with Gasteiger partial charge in [-0.2, -0.15) is 54.8 Å². The van der Waals surface area contributed by atoms with Crippen LogP contribution in [0.4, 0.5) is 91.0 Å². The van der Waals surface area contributed by atoms with E-state index in [1.54, 1.807) is 36.4 Å². The Hall–Kier alpha value is -11.3. The minimum Gasteiger partial charge on any atom is -0.398 e. The van der Waals surface area contributed by atoms with Crippen LogP contribution in [-0.2, 0) is 103 Å². The number of nitrogen functional groups attached to an aromatic ring is 3. The number of rotatable bonds is 15. The first kappa shape index (κ1) is 110. The van der Waals surface area contributed by atoms with Gasteiger partial charge < -0.3 is 66.1 Å². The first-order valence-corrected chi connectivity index (χ1v) is 37.8. The quantitative estimate of drug-likeness (QED) is 0.0197. The molecule has 0 unspecified atom stereocenters. The van der Waals surface area contributed by atoms with Gasteiger partial charge in [-0.05, 0) is 129 Å². The van der Waals surface area contributed by atoms with Gasteiger partial charge in [0, 0.05) is 156 Å². The zero-order valence-electron chi connectivity index (χ0n) is 69.0. The van der Waals surface area contributed by atoms with E-state index in [1.165, 1.54) is 18.0 Å². The molecule has 4 heterocycles. The van der Waals surface area contributed by atoms with Crippen LogP contribution in [0.25, 0.3) is 44.5 Å². The van der Waals surface area contributed by atoms with E-state index in [9.17, 15) is 14.4 Å². The van der Waals surface area contributed by atoms with Crippen LogP contribution in [0.1, 0.15) is 43.0 Å². The molecule has 15 rings (SSSR count). The van der Waals surface area contributed by atoms with Gasteiger partial charge in [-0.25, -0.2) is 24.4 Å². The Balaban J connectivity index is 0.00000150. The number of anilines is 13. The number of isocyanates is 1. The maximum absolute atomic E-state index is 12.2. The van der Waals surface area contributed by atoms with E-state index in [1.807, 2.05) is 302 Å². The molecular weight excluding hydrogens is 1860 g/mol. The van der Waals surface area contributed by atoms with Gasteiger partial charge in [0.25, 0.3) is 0 Å². The average Bonchev–Trinajstić information content (AvgIpc) is 0.836. The smallest absolute Gasteiger partial charge is 0.326 e. The van der Waals surface area contributed by atoms with E-state index >= 15 is 0 Å². The number of hydrogen-bond acceptors (Lipinski definition) is 22. The Kier molecular flexibility index (Phi) is 55.9. The minimum atomic E-state index is -0.487. The predicted molar refractivity (Wildman–Crippen MR) is 498 cm³/mol.